The number of nitrogens with zero attached hydrogens (tertiary/aromatic N) is 3. The second-order valence-corrected chi connectivity index (χ2v) is 18.9. The van der Waals surface area contributed by atoms with Crippen LogP contribution in [0.4, 0.5) is 4.79 Å². The van der Waals surface area contributed by atoms with Gasteiger partial charge in [0.2, 0.25) is 21.8 Å². The van der Waals surface area contributed by atoms with Gasteiger partial charge >= 0.3 is 6.09 Å². The van der Waals surface area contributed by atoms with E-state index in [2.05, 4.69) is 26.9 Å². The van der Waals surface area contributed by atoms with Crippen LogP contribution in [0.2, 0.25) is 5.02 Å². The van der Waals surface area contributed by atoms with Gasteiger partial charge in [-0.25, -0.2) is 13.2 Å². The highest BCUT2D eigenvalue weighted by molar-refractivity contribution is 7.91. The van der Waals surface area contributed by atoms with Crippen LogP contribution in [-0.2, 0) is 35.7 Å². The summed E-state index contributed by atoms with van der Waals surface area (Å²) in [6, 6.07) is 2.55. The molecule has 1 saturated heterocycles. The van der Waals surface area contributed by atoms with Crippen LogP contribution < -0.4 is 25.7 Å². The van der Waals surface area contributed by atoms with Gasteiger partial charge in [0, 0.05) is 29.8 Å². The first-order valence-corrected chi connectivity index (χ1v) is 21.5. The summed E-state index contributed by atoms with van der Waals surface area (Å²) in [7, 11) is -3.93. The third kappa shape index (κ3) is 7.41. The summed E-state index contributed by atoms with van der Waals surface area (Å²) in [6.07, 6.45) is 9.91. The zero-order valence-corrected chi connectivity index (χ0v) is 32.8. The summed E-state index contributed by atoms with van der Waals surface area (Å²) in [6.45, 7) is 5.68. The molecular weight excluding hydrogens is 764 g/mol. The zero-order chi connectivity index (χ0) is 39.6. The third-order valence-electron chi connectivity index (χ3n) is 12.5. The quantitative estimate of drug-likeness (QED) is 0.349. The van der Waals surface area contributed by atoms with Crippen LogP contribution in [0.3, 0.4) is 0 Å². The lowest BCUT2D eigenvalue weighted by Crippen LogP contribution is -2.59. The standard InChI is InChI=1S/C39H47ClN6O9S/c1-3-23-20-39(23,35(50)44-56(52,53)27-13-14-27)43-32(47)30-18-26-21-46(30)34(49)31(22-9-6-7-10-22)42-37(51)55-38(2)19-24(38)11-5-4-8-16-45-33(48)28-15-12-25(40)17-29(28)41-36(45)54-26/h3-4,8,12,15,17,22-24,26-27,30-31H,1,5-7,9-11,13-14,16,18-21H2,2H3,(H,42,51)(H,43,47)(H,44,50)/b8-4+/t23-,24?,26?,30?,31?,38?,39-/m1/s1. The average molecular weight is 811 g/mol. The van der Waals surface area contributed by atoms with E-state index in [4.69, 9.17) is 21.1 Å². The van der Waals surface area contributed by atoms with Crippen molar-refractivity contribution in [3.63, 3.8) is 0 Å². The molecule has 2 aromatic rings. The van der Waals surface area contributed by atoms with Crippen molar-refractivity contribution in [2.45, 2.75) is 119 Å². The number of hydrogen-bond donors (Lipinski definition) is 3. The summed E-state index contributed by atoms with van der Waals surface area (Å²) in [5, 5.41) is 5.72. The minimum Gasteiger partial charge on any atom is -0.459 e. The smallest absolute Gasteiger partial charge is 0.408 e. The maximum absolute atomic E-state index is 14.8. The number of sulfonamides is 1. The number of alkyl carbamates (subject to hydrolysis) is 1. The number of benzene rings is 1. The number of rotatable bonds is 7. The van der Waals surface area contributed by atoms with E-state index in [1.54, 1.807) is 18.2 Å². The van der Waals surface area contributed by atoms with Gasteiger partial charge in [-0.1, -0.05) is 42.7 Å². The van der Waals surface area contributed by atoms with Crippen molar-refractivity contribution < 1.29 is 37.1 Å². The van der Waals surface area contributed by atoms with Crippen molar-refractivity contribution >= 4 is 56.3 Å². The van der Waals surface area contributed by atoms with Crippen LogP contribution in [0.15, 0.2) is 47.8 Å². The number of nitrogens with one attached hydrogen (secondary N) is 3. The number of fused-ring (bicyclic) bond motifs is 5. The number of carbonyl (C=O) groups excluding carboxylic acids is 4. The Morgan fingerprint density at radius 1 is 1.09 bits per heavy atom. The number of amides is 4. The molecule has 4 amide bonds. The maximum Gasteiger partial charge on any atom is 0.408 e. The number of carbonyl (C=O) groups is 4. The lowest BCUT2D eigenvalue weighted by atomic mass is 9.96. The molecule has 15 nitrogen and oxygen atoms in total. The maximum atomic E-state index is 14.8. The van der Waals surface area contributed by atoms with Crippen molar-refractivity contribution in [2.75, 3.05) is 6.54 Å². The van der Waals surface area contributed by atoms with Crippen LogP contribution >= 0.6 is 11.6 Å². The molecule has 4 saturated carbocycles. The Hall–Kier alpha value is -4.44. The monoisotopic (exact) mass is 810 g/mol. The minimum absolute atomic E-state index is 0.0205. The van der Waals surface area contributed by atoms with Gasteiger partial charge in [-0.2, -0.15) is 4.98 Å². The Bertz CT molecular complexity index is 2190. The Morgan fingerprint density at radius 3 is 2.57 bits per heavy atom. The van der Waals surface area contributed by atoms with Crippen molar-refractivity contribution in [3.05, 3.63) is 58.4 Å². The largest absolute Gasteiger partial charge is 0.459 e. The van der Waals surface area contributed by atoms with Gasteiger partial charge in [0.15, 0.2) is 0 Å². The molecule has 5 unspecified atom stereocenters. The summed E-state index contributed by atoms with van der Waals surface area (Å²) >= 11 is 6.28. The highest BCUT2D eigenvalue weighted by atomic mass is 35.5. The molecule has 2 aliphatic heterocycles. The summed E-state index contributed by atoms with van der Waals surface area (Å²) in [5.74, 6) is -2.72. The number of ether oxygens (including phenoxy) is 2. The predicted octanol–water partition coefficient (Wildman–Crippen LogP) is 3.48. The van der Waals surface area contributed by atoms with Gasteiger partial charge in [0.25, 0.3) is 17.5 Å². The van der Waals surface area contributed by atoms with Crippen LogP contribution in [0.1, 0.15) is 77.6 Å². The number of hydrogen-bond acceptors (Lipinski definition) is 10. The van der Waals surface area contributed by atoms with Gasteiger partial charge < -0.3 is 25.0 Å². The van der Waals surface area contributed by atoms with Crippen LogP contribution in [-0.4, -0.2) is 87.8 Å². The molecule has 6 aliphatic rings. The molecule has 0 radical (unpaired) electrons. The van der Waals surface area contributed by atoms with Gasteiger partial charge in [0.05, 0.1) is 22.7 Å². The molecule has 56 heavy (non-hydrogen) atoms. The molecule has 3 N–H and O–H groups in total. The number of allylic oxidation sites excluding steroid dienone is 2. The SMILES string of the molecule is C=C[C@@H]1C[C@]1(NC(=O)C1CC2CN1C(=O)C(C1CCCC1)NC(=O)OC1(C)CC1CC/C=C/Cn1c(nc3cc(Cl)ccc3c1=O)O2)C(=O)NS(=O)(=O)C1CC1. The zero-order valence-electron chi connectivity index (χ0n) is 31.2. The second-order valence-electron chi connectivity index (χ2n) is 16.5. The summed E-state index contributed by atoms with van der Waals surface area (Å²) in [4.78, 5) is 76.2. The van der Waals surface area contributed by atoms with Crippen molar-refractivity contribution in [1.29, 1.82) is 0 Å². The molecule has 8 rings (SSSR count). The molecule has 17 heteroatoms. The van der Waals surface area contributed by atoms with Crippen molar-refractivity contribution in [1.82, 2.24) is 29.8 Å². The molecule has 1 aromatic heterocycles. The Labute approximate surface area is 329 Å². The van der Waals surface area contributed by atoms with Gasteiger partial charge in [-0.05, 0) is 82.4 Å². The van der Waals surface area contributed by atoms with E-state index in [0.29, 0.717) is 54.5 Å². The molecule has 0 spiro atoms. The van der Waals surface area contributed by atoms with E-state index in [0.717, 1.165) is 19.3 Å². The van der Waals surface area contributed by atoms with E-state index in [1.807, 2.05) is 19.1 Å². The molecular formula is C39H47ClN6O9S. The van der Waals surface area contributed by atoms with Crippen LogP contribution in [0.5, 0.6) is 6.01 Å². The fourth-order valence-corrected chi connectivity index (χ4v) is 10.3. The van der Waals surface area contributed by atoms with Crippen LogP contribution in [0.25, 0.3) is 10.9 Å². The summed E-state index contributed by atoms with van der Waals surface area (Å²) in [5.41, 5.74) is -2.32. The predicted molar refractivity (Wildman–Crippen MR) is 205 cm³/mol. The molecule has 4 aliphatic carbocycles. The van der Waals surface area contributed by atoms with E-state index in [-0.39, 0.29) is 49.3 Å². The van der Waals surface area contributed by atoms with E-state index in [9.17, 15) is 32.4 Å². The fourth-order valence-electron chi connectivity index (χ4n) is 8.74. The van der Waals surface area contributed by atoms with Crippen LogP contribution in [0, 0.1) is 17.8 Å². The molecule has 7 atom stereocenters. The van der Waals surface area contributed by atoms with Gasteiger partial charge in [0.1, 0.15) is 29.3 Å². The first-order valence-electron chi connectivity index (χ1n) is 19.5. The highest BCUT2D eigenvalue weighted by Crippen LogP contribution is 2.50. The van der Waals surface area contributed by atoms with E-state index >= 15 is 0 Å². The second kappa shape index (κ2) is 14.5. The Morgan fingerprint density at radius 2 is 1.86 bits per heavy atom. The lowest BCUT2D eigenvalue weighted by Gasteiger charge is -2.32. The molecule has 3 heterocycles. The van der Waals surface area contributed by atoms with E-state index < -0.39 is 74.3 Å². The van der Waals surface area contributed by atoms with Crippen molar-refractivity contribution in [2.24, 2.45) is 17.8 Å². The topological polar surface area (TPSA) is 195 Å². The van der Waals surface area contributed by atoms with E-state index in [1.165, 1.54) is 15.5 Å². The van der Waals surface area contributed by atoms with Gasteiger partial charge in [-0.3, -0.25) is 28.5 Å². The Kier molecular flexibility index (Phi) is 9.95. The molecule has 5 fully saturated rings. The minimum atomic E-state index is -3.93. The highest BCUT2D eigenvalue weighted by Gasteiger charge is 2.62. The van der Waals surface area contributed by atoms with Gasteiger partial charge in [-0.15, -0.1) is 6.58 Å². The average Bonchev–Trinajstić information content (AvgIpc) is 4.10. The first-order chi connectivity index (χ1) is 26.7. The lowest BCUT2D eigenvalue weighted by molar-refractivity contribution is -0.142. The molecule has 300 valence electrons. The molecule has 2 bridgehead atoms. The first kappa shape index (κ1) is 38.4. The third-order valence-corrected chi connectivity index (χ3v) is 14.5. The number of halogens is 1. The fraction of sp³-hybridized carbons (Fsp3) is 0.590. The van der Waals surface area contributed by atoms with Crippen molar-refractivity contribution in [3.8, 4) is 6.01 Å². The molecule has 1 aromatic carbocycles. The summed E-state index contributed by atoms with van der Waals surface area (Å²) < 4.78 is 41.5. The number of aromatic nitrogens is 2. The normalized spacial score (nSPS) is 32.8. The Balaban J connectivity index is 1.15.